The van der Waals surface area contributed by atoms with Gasteiger partial charge in [0.25, 0.3) is 0 Å². The maximum atomic E-state index is 13.7. The number of alkyl halides is 13. The van der Waals surface area contributed by atoms with E-state index in [0.29, 0.717) is 0 Å². The van der Waals surface area contributed by atoms with E-state index in [0.717, 1.165) is 0 Å². The van der Waals surface area contributed by atoms with Gasteiger partial charge in [0.2, 0.25) is 0 Å². The van der Waals surface area contributed by atoms with Gasteiger partial charge < -0.3 is 5.11 Å². The highest BCUT2D eigenvalue weighted by atomic mass is 28.3. The van der Waals surface area contributed by atoms with Crippen LogP contribution in [0.3, 0.4) is 0 Å². The molecule has 0 rings (SSSR count). The highest BCUT2D eigenvalue weighted by Crippen LogP contribution is 2.60. The summed E-state index contributed by atoms with van der Waals surface area (Å²) in [7, 11) is -2.79. The Morgan fingerprint density at radius 1 is 0.586 bits per heavy atom. The van der Waals surface area contributed by atoms with Crippen LogP contribution in [0.1, 0.15) is 19.3 Å². The quantitative estimate of drug-likeness (QED) is 0.202. The average molecular weight is 478 g/mol. The van der Waals surface area contributed by atoms with Crippen molar-refractivity contribution in [1.82, 2.24) is 0 Å². The van der Waals surface area contributed by atoms with E-state index in [-0.39, 0.29) is 25.5 Å². The lowest BCUT2D eigenvalue weighted by Crippen LogP contribution is -2.70. The van der Waals surface area contributed by atoms with Crippen LogP contribution in [0.15, 0.2) is 0 Å². The van der Waals surface area contributed by atoms with Gasteiger partial charge in [0.1, 0.15) is 0 Å². The first-order valence-electron chi connectivity index (χ1n) is 8.08. The molecule has 0 bridgehead atoms. The molecule has 1 N–H and O–H groups in total. The molecule has 176 valence electrons. The Bertz CT molecular complexity index is 542. The van der Waals surface area contributed by atoms with Crippen LogP contribution in [-0.2, 0) is 0 Å². The minimum atomic E-state index is -7.85. The van der Waals surface area contributed by atoms with E-state index in [1.165, 1.54) is 13.1 Å². The summed E-state index contributed by atoms with van der Waals surface area (Å²) in [5, 5.41) is 8.62. The van der Waals surface area contributed by atoms with Crippen molar-refractivity contribution in [3.63, 3.8) is 0 Å². The molecule has 0 heterocycles. The van der Waals surface area contributed by atoms with Crippen LogP contribution in [0.2, 0.25) is 25.2 Å². The number of unbranched alkanes of at least 4 members (excludes halogenated alkanes) is 1. The van der Waals surface area contributed by atoms with Crippen molar-refractivity contribution in [3.8, 4) is 0 Å². The first kappa shape index (κ1) is 28.3. The van der Waals surface area contributed by atoms with Crippen LogP contribution in [0, 0.1) is 0 Å². The second-order valence-corrected chi connectivity index (χ2v) is 12.7. The number of aliphatic hydroxyl groups is 1. The molecule has 0 aliphatic rings. The van der Waals surface area contributed by atoms with Gasteiger partial charge in [-0.25, -0.2) is 0 Å². The van der Waals surface area contributed by atoms with Crippen molar-refractivity contribution < 1.29 is 62.2 Å². The summed E-state index contributed by atoms with van der Waals surface area (Å²) >= 11 is 0. The molecule has 0 atom stereocenters. The SMILES string of the molecule is C[Si](C)(CCCCO)CCC(F)(F)C(F)(F)C(F)(F)C(F)(F)C(F)(F)C(F)(F)F. The Kier molecular flexibility index (Phi) is 8.21. The molecular weight excluding hydrogens is 459 g/mol. The topological polar surface area (TPSA) is 20.2 Å². The fourth-order valence-electron chi connectivity index (χ4n) is 2.29. The summed E-state index contributed by atoms with van der Waals surface area (Å²) in [6.45, 7) is 2.46. The fourth-order valence-corrected chi connectivity index (χ4v) is 4.74. The zero-order valence-electron chi connectivity index (χ0n) is 15.1. The molecule has 0 amide bonds. The second-order valence-electron chi connectivity index (χ2n) is 7.34. The van der Waals surface area contributed by atoms with E-state index in [2.05, 4.69) is 0 Å². The lowest BCUT2D eigenvalue weighted by Gasteiger charge is -2.40. The second kappa shape index (κ2) is 8.42. The smallest absolute Gasteiger partial charge is 0.396 e. The molecule has 0 saturated carbocycles. The van der Waals surface area contributed by atoms with Crippen molar-refractivity contribution in [2.75, 3.05) is 6.61 Å². The number of rotatable bonds is 11. The van der Waals surface area contributed by atoms with Crippen LogP contribution in [-0.4, -0.2) is 55.6 Å². The normalized spacial score (nSPS) is 15.7. The summed E-state index contributed by atoms with van der Waals surface area (Å²) in [5.41, 5.74) is 0. The molecule has 0 aromatic rings. The van der Waals surface area contributed by atoms with Crippen molar-refractivity contribution in [3.05, 3.63) is 0 Å². The van der Waals surface area contributed by atoms with Gasteiger partial charge in [-0.05, 0) is 6.42 Å². The van der Waals surface area contributed by atoms with Gasteiger partial charge in [0.15, 0.2) is 0 Å². The van der Waals surface area contributed by atoms with Crippen LogP contribution < -0.4 is 0 Å². The standard InChI is InChI=1S/C14H19F13OSi/c1-29(2,7-4-3-6-28)8-5-9(15,16)10(17,18)11(19,20)12(21,22)13(23,24)14(25,26)27/h28H,3-8H2,1-2H3. The molecule has 0 aromatic heterocycles. The first-order chi connectivity index (χ1) is 12.5. The third-order valence-electron chi connectivity index (χ3n) is 4.38. The molecule has 0 radical (unpaired) electrons. The molecule has 29 heavy (non-hydrogen) atoms. The predicted octanol–water partition coefficient (Wildman–Crippen LogP) is 6.60. The van der Waals surface area contributed by atoms with E-state index in [1.807, 2.05) is 0 Å². The van der Waals surface area contributed by atoms with Gasteiger partial charge in [-0.3, -0.25) is 0 Å². The zero-order valence-corrected chi connectivity index (χ0v) is 16.1. The van der Waals surface area contributed by atoms with Crippen LogP contribution in [0.4, 0.5) is 57.1 Å². The highest BCUT2D eigenvalue weighted by Gasteiger charge is 2.90. The maximum Gasteiger partial charge on any atom is 0.460 e. The third-order valence-corrected chi connectivity index (χ3v) is 7.69. The van der Waals surface area contributed by atoms with Gasteiger partial charge in [-0.2, -0.15) is 57.1 Å². The van der Waals surface area contributed by atoms with Crippen molar-refractivity contribution in [2.45, 2.75) is 80.2 Å². The predicted molar refractivity (Wildman–Crippen MR) is 78.8 cm³/mol. The molecule has 0 fully saturated rings. The van der Waals surface area contributed by atoms with Gasteiger partial charge in [0.05, 0.1) is 0 Å². The van der Waals surface area contributed by atoms with Gasteiger partial charge in [-0.15, -0.1) is 0 Å². The molecule has 0 spiro atoms. The first-order valence-corrected chi connectivity index (χ1v) is 11.5. The Balaban J connectivity index is 5.76. The lowest BCUT2D eigenvalue weighted by atomic mass is 9.93. The molecule has 0 unspecified atom stereocenters. The number of aliphatic hydroxyl groups excluding tert-OH is 1. The van der Waals surface area contributed by atoms with Crippen molar-refractivity contribution >= 4 is 8.07 Å². The van der Waals surface area contributed by atoms with Crippen molar-refractivity contribution in [1.29, 1.82) is 0 Å². The van der Waals surface area contributed by atoms with Crippen LogP contribution in [0.5, 0.6) is 0 Å². The Labute approximate surface area is 158 Å². The largest absolute Gasteiger partial charge is 0.460 e. The summed E-state index contributed by atoms with van der Waals surface area (Å²) < 4.78 is 169. The Morgan fingerprint density at radius 2 is 1.00 bits per heavy atom. The monoisotopic (exact) mass is 478 g/mol. The Hall–Kier alpha value is -0.733. The average Bonchev–Trinajstić information content (AvgIpc) is 2.51. The fraction of sp³-hybridized carbons (Fsp3) is 1.00. The maximum absolute atomic E-state index is 13.7. The summed E-state index contributed by atoms with van der Waals surface area (Å²) in [6, 6.07) is -0.674. The third kappa shape index (κ3) is 5.31. The number of halogens is 13. The summed E-state index contributed by atoms with van der Waals surface area (Å²) in [4.78, 5) is 0. The minimum absolute atomic E-state index is 0.161. The van der Waals surface area contributed by atoms with Crippen LogP contribution in [0.25, 0.3) is 0 Å². The molecule has 15 heteroatoms. The molecule has 1 nitrogen and oxygen atoms in total. The van der Waals surface area contributed by atoms with Crippen molar-refractivity contribution in [2.24, 2.45) is 0 Å². The van der Waals surface area contributed by atoms with E-state index in [9.17, 15) is 57.1 Å². The molecule has 0 saturated heterocycles. The zero-order chi connectivity index (χ0) is 23.7. The number of hydrogen-bond acceptors (Lipinski definition) is 1. The lowest BCUT2D eigenvalue weighted by molar-refractivity contribution is -0.439. The Morgan fingerprint density at radius 3 is 1.38 bits per heavy atom. The molecule has 0 aliphatic carbocycles. The molecule has 0 aliphatic heterocycles. The summed E-state index contributed by atoms with van der Waals surface area (Å²) in [6.07, 6.45) is -9.03. The van der Waals surface area contributed by atoms with E-state index in [4.69, 9.17) is 5.11 Å². The minimum Gasteiger partial charge on any atom is -0.396 e. The summed E-state index contributed by atoms with van der Waals surface area (Å²) in [5.74, 6) is -36.5. The number of hydrogen-bond donors (Lipinski definition) is 1. The molecular formula is C14H19F13OSi. The van der Waals surface area contributed by atoms with E-state index in [1.54, 1.807) is 0 Å². The van der Waals surface area contributed by atoms with Gasteiger partial charge in [-0.1, -0.05) is 31.6 Å². The highest BCUT2D eigenvalue weighted by molar-refractivity contribution is 6.77. The van der Waals surface area contributed by atoms with Gasteiger partial charge >= 0.3 is 35.8 Å². The molecule has 0 aromatic carbocycles. The van der Waals surface area contributed by atoms with Crippen LogP contribution >= 0.6 is 0 Å². The van der Waals surface area contributed by atoms with E-state index >= 15 is 0 Å². The van der Waals surface area contributed by atoms with E-state index < -0.39 is 56.3 Å². The van der Waals surface area contributed by atoms with Gasteiger partial charge in [0, 0.05) is 21.1 Å².